The van der Waals surface area contributed by atoms with Crippen molar-refractivity contribution < 1.29 is 4.79 Å². The van der Waals surface area contributed by atoms with Crippen LogP contribution < -0.4 is 10.6 Å². The molecule has 2 aliphatic rings. The van der Waals surface area contributed by atoms with E-state index < -0.39 is 0 Å². The van der Waals surface area contributed by atoms with Gasteiger partial charge in [-0.25, -0.2) is 0 Å². The number of amides is 1. The molecule has 0 bridgehead atoms. The summed E-state index contributed by atoms with van der Waals surface area (Å²) in [4.78, 5) is 18.6. The highest BCUT2D eigenvalue weighted by molar-refractivity contribution is 5.92. The maximum atomic E-state index is 12.1. The van der Waals surface area contributed by atoms with Gasteiger partial charge in [0.25, 0.3) is 0 Å². The zero-order valence-corrected chi connectivity index (χ0v) is 12.2. The van der Waals surface area contributed by atoms with E-state index in [2.05, 4.69) is 20.5 Å². The maximum Gasteiger partial charge on any atom is 0.238 e. The molecule has 1 aliphatic carbocycles. The maximum absolute atomic E-state index is 12.1. The first-order chi connectivity index (χ1) is 9.60. The van der Waals surface area contributed by atoms with E-state index in [9.17, 15) is 4.79 Å². The fourth-order valence-electron chi connectivity index (χ4n) is 3.01. The van der Waals surface area contributed by atoms with E-state index in [1.165, 1.54) is 19.3 Å². The molecule has 20 heavy (non-hydrogen) atoms. The SMILES string of the molecule is CNc1cc(NC(=O)CN2CCC3(CC3)C2)cnc1C. The molecule has 1 aromatic rings. The standard InChI is InChI=1S/C15H22N4O/c1-11-13(16-2)7-12(8-17-11)18-14(20)9-19-6-5-15(10-19)3-4-15/h7-8,16H,3-6,9-10H2,1-2H3,(H,18,20). The van der Waals surface area contributed by atoms with Crippen LogP contribution in [0, 0.1) is 12.3 Å². The zero-order chi connectivity index (χ0) is 14.2. The first-order valence-corrected chi connectivity index (χ1v) is 7.27. The summed E-state index contributed by atoms with van der Waals surface area (Å²) in [5, 5.41) is 6.01. The molecule has 3 rings (SSSR count). The minimum absolute atomic E-state index is 0.0513. The minimum Gasteiger partial charge on any atom is -0.387 e. The number of hydrogen-bond acceptors (Lipinski definition) is 4. The van der Waals surface area contributed by atoms with Crippen molar-refractivity contribution in [1.82, 2.24) is 9.88 Å². The molecule has 108 valence electrons. The molecule has 2 fully saturated rings. The predicted octanol–water partition coefficient (Wildman–Crippen LogP) is 1.86. The molecule has 1 saturated carbocycles. The summed E-state index contributed by atoms with van der Waals surface area (Å²) in [6.45, 7) is 4.58. The highest BCUT2D eigenvalue weighted by Crippen LogP contribution is 2.52. The lowest BCUT2D eigenvalue weighted by Gasteiger charge is -2.15. The molecule has 1 amide bonds. The van der Waals surface area contributed by atoms with Gasteiger partial charge in [0.15, 0.2) is 0 Å². The minimum atomic E-state index is 0.0513. The lowest BCUT2D eigenvalue weighted by Crippen LogP contribution is -2.31. The van der Waals surface area contributed by atoms with Crippen LogP contribution in [0.1, 0.15) is 25.0 Å². The average molecular weight is 274 g/mol. The molecule has 1 spiro atoms. The Labute approximate surface area is 119 Å². The lowest BCUT2D eigenvalue weighted by atomic mass is 10.1. The summed E-state index contributed by atoms with van der Waals surface area (Å²) in [6, 6.07) is 1.92. The normalized spacial score (nSPS) is 20.1. The van der Waals surface area contributed by atoms with Crippen molar-refractivity contribution in [2.75, 3.05) is 37.3 Å². The van der Waals surface area contributed by atoms with Crippen LogP contribution in [0.2, 0.25) is 0 Å². The van der Waals surface area contributed by atoms with Gasteiger partial charge in [0, 0.05) is 13.6 Å². The molecular weight excluding hydrogens is 252 g/mol. The van der Waals surface area contributed by atoms with Crippen LogP contribution in [0.4, 0.5) is 11.4 Å². The van der Waals surface area contributed by atoms with E-state index in [0.29, 0.717) is 12.0 Å². The van der Waals surface area contributed by atoms with E-state index >= 15 is 0 Å². The molecule has 1 aliphatic heterocycles. The van der Waals surface area contributed by atoms with Gasteiger partial charge < -0.3 is 10.6 Å². The monoisotopic (exact) mass is 274 g/mol. The number of carbonyl (C=O) groups is 1. The highest BCUT2D eigenvalue weighted by atomic mass is 16.2. The number of nitrogens with zero attached hydrogens (tertiary/aromatic N) is 2. The van der Waals surface area contributed by atoms with Gasteiger partial charge in [0.1, 0.15) is 0 Å². The molecule has 1 saturated heterocycles. The van der Waals surface area contributed by atoms with Crippen LogP contribution in [0.3, 0.4) is 0 Å². The second-order valence-electron chi connectivity index (χ2n) is 6.12. The molecule has 5 heteroatoms. The van der Waals surface area contributed by atoms with Crippen LogP contribution in [-0.2, 0) is 4.79 Å². The third kappa shape index (κ3) is 2.77. The Bertz CT molecular complexity index is 525. The third-order valence-corrected chi connectivity index (χ3v) is 4.48. The number of aryl methyl sites for hydroxylation is 1. The van der Waals surface area contributed by atoms with Crippen LogP contribution >= 0.6 is 0 Å². The van der Waals surface area contributed by atoms with Gasteiger partial charge in [-0.3, -0.25) is 14.7 Å². The van der Waals surface area contributed by atoms with Crippen molar-refractivity contribution >= 4 is 17.3 Å². The molecule has 0 unspecified atom stereocenters. The van der Waals surface area contributed by atoms with E-state index in [4.69, 9.17) is 0 Å². The first-order valence-electron chi connectivity index (χ1n) is 7.27. The van der Waals surface area contributed by atoms with Crippen molar-refractivity contribution in [3.8, 4) is 0 Å². The third-order valence-electron chi connectivity index (χ3n) is 4.48. The van der Waals surface area contributed by atoms with Crippen LogP contribution in [0.5, 0.6) is 0 Å². The molecule has 2 heterocycles. The summed E-state index contributed by atoms with van der Waals surface area (Å²) < 4.78 is 0. The van der Waals surface area contributed by atoms with E-state index in [1.807, 2.05) is 20.0 Å². The molecule has 2 N–H and O–H groups in total. The Morgan fingerprint density at radius 2 is 2.25 bits per heavy atom. The van der Waals surface area contributed by atoms with Gasteiger partial charge in [0.2, 0.25) is 5.91 Å². The Morgan fingerprint density at radius 1 is 1.45 bits per heavy atom. The van der Waals surface area contributed by atoms with Gasteiger partial charge >= 0.3 is 0 Å². The number of pyridine rings is 1. The first kappa shape index (κ1) is 13.4. The van der Waals surface area contributed by atoms with Gasteiger partial charge in [0.05, 0.1) is 29.8 Å². The van der Waals surface area contributed by atoms with Crippen molar-refractivity contribution in [2.24, 2.45) is 5.41 Å². The number of carbonyl (C=O) groups excluding carboxylic acids is 1. The van der Waals surface area contributed by atoms with E-state index in [1.54, 1.807) is 6.20 Å². The smallest absolute Gasteiger partial charge is 0.238 e. The molecule has 0 radical (unpaired) electrons. The van der Waals surface area contributed by atoms with Crippen molar-refractivity contribution in [2.45, 2.75) is 26.2 Å². The molecule has 0 aromatic carbocycles. The Morgan fingerprint density at radius 3 is 2.90 bits per heavy atom. The Kier molecular flexibility index (Phi) is 3.38. The van der Waals surface area contributed by atoms with Gasteiger partial charge in [-0.05, 0) is 44.2 Å². The van der Waals surface area contributed by atoms with Gasteiger partial charge in [-0.2, -0.15) is 0 Å². The van der Waals surface area contributed by atoms with Crippen molar-refractivity contribution in [3.05, 3.63) is 18.0 Å². The van der Waals surface area contributed by atoms with Crippen LogP contribution in [0.25, 0.3) is 0 Å². The highest BCUT2D eigenvalue weighted by Gasteiger charge is 2.47. The summed E-state index contributed by atoms with van der Waals surface area (Å²) in [7, 11) is 1.86. The number of anilines is 2. The van der Waals surface area contributed by atoms with Crippen molar-refractivity contribution in [1.29, 1.82) is 0 Å². The summed E-state index contributed by atoms with van der Waals surface area (Å²) >= 11 is 0. The molecule has 1 aromatic heterocycles. The van der Waals surface area contributed by atoms with Crippen LogP contribution in [-0.4, -0.2) is 42.5 Å². The lowest BCUT2D eigenvalue weighted by molar-refractivity contribution is -0.117. The fraction of sp³-hybridized carbons (Fsp3) is 0.600. The summed E-state index contributed by atoms with van der Waals surface area (Å²) in [5.41, 5.74) is 3.21. The van der Waals surface area contributed by atoms with E-state index in [-0.39, 0.29) is 5.91 Å². The zero-order valence-electron chi connectivity index (χ0n) is 12.2. The molecular formula is C15H22N4O. The second kappa shape index (κ2) is 5.05. The summed E-state index contributed by atoms with van der Waals surface area (Å²) in [6.07, 6.45) is 5.66. The largest absolute Gasteiger partial charge is 0.387 e. The Hall–Kier alpha value is -1.62. The summed E-state index contributed by atoms with van der Waals surface area (Å²) in [5.74, 6) is 0.0513. The Balaban J connectivity index is 1.56. The number of rotatable bonds is 4. The van der Waals surface area contributed by atoms with E-state index in [0.717, 1.165) is 30.2 Å². The van der Waals surface area contributed by atoms with Gasteiger partial charge in [-0.15, -0.1) is 0 Å². The topological polar surface area (TPSA) is 57.3 Å². The van der Waals surface area contributed by atoms with Crippen molar-refractivity contribution in [3.63, 3.8) is 0 Å². The second-order valence-corrected chi connectivity index (χ2v) is 6.12. The molecule has 5 nitrogen and oxygen atoms in total. The van der Waals surface area contributed by atoms with Gasteiger partial charge in [-0.1, -0.05) is 0 Å². The number of aromatic nitrogens is 1. The quantitative estimate of drug-likeness (QED) is 0.880. The van der Waals surface area contributed by atoms with Crippen LogP contribution in [0.15, 0.2) is 12.3 Å². The molecule has 0 atom stereocenters. The predicted molar refractivity (Wildman–Crippen MR) is 79.9 cm³/mol. The average Bonchev–Trinajstić information content (AvgIpc) is 3.06. The fourth-order valence-corrected chi connectivity index (χ4v) is 3.01. The number of likely N-dealkylation sites (tertiary alicyclic amines) is 1. The number of nitrogens with one attached hydrogen (secondary N) is 2. The number of hydrogen-bond donors (Lipinski definition) is 2.